The monoisotopic (exact) mass is 251 g/mol. The Balaban J connectivity index is 2.27. The van der Waals surface area contributed by atoms with E-state index in [1.54, 1.807) is 19.1 Å². The average Bonchev–Trinajstić information content (AvgIpc) is 2.41. The third kappa shape index (κ3) is 3.01. The molecule has 0 saturated carbocycles. The quantitative estimate of drug-likeness (QED) is 0.909. The molecule has 2 aromatic rings. The van der Waals surface area contributed by atoms with Crippen molar-refractivity contribution in [1.82, 2.24) is 0 Å². The SMILES string of the molecule is Cc1ccccc1CC(C)(O)c1ccc(C#N)cc1. The lowest BCUT2D eigenvalue weighted by molar-refractivity contribution is 0.0574. The highest BCUT2D eigenvalue weighted by Gasteiger charge is 2.24. The predicted octanol–water partition coefficient (Wildman–Crippen LogP) is 3.32. The summed E-state index contributed by atoms with van der Waals surface area (Å²) in [6.45, 7) is 3.85. The van der Waals surface area contributed by atoms with E-state index in [9.17, 15) is 5.11 Å². The van der Waals surface area contributed by atoms with Crippen molar-refractivity contribution in [2.75, 3.05) is 0 Å². The van der Waals surface area contributed by atoms with Crippen LogP contribution in [0.15, 0.2) is 48.5 Å². The third-order valence-electron chi connectivity index (χ3n) is 3.43. The minimum Gasteiger partial charge on any atom is -0.385 e. The molecule has 2 nitrogen and oxygen atoms in total. The second kappa shape index (κ2) is 5.26. The van der Waals surface area contributed by atoms with E-state index >= 15 is 0 Å². The first kappa shape index (κ1) is 13.3. The molecule has 1 atom stereocenters. The second-order valence-corrected chi connectivity index (χ2v) is 5.07. The fourth-order valence-corrected chi connectivity index (χ4v) is 2.19. The molecular weight excluding hydrogens is 234 g/mol. The summed E-state index contributed by atoms with van der Waals surface area (Å²) in [5, 5.41) is 19.4. The Hall–Kier alpha value is -2.11. The summed E-state index contributed by atoms with van der Waals surface area (Å²) in [6, 6.07) is 17.3. The summed E-state index contributed by atoms with van der Waals surface area (Å²) in [5.41, 5.74) is 2.82. The largest absolute Gasteiger partial charge is 0.385 e. The van der Waals surface area contributed by atoms with Crippen molar-refractivity contribution >= 4 is 0 Å². The molecule has 0 fully saturated rings. The Bertz CT molecular complexity index is 606. The molecule has 0 aromatic heterocycles. The molecule has 1 unspecified atom stereocenters. The van der Waals surface area contributed by atoms with Crippen LogP contribution in [0.5, 0.6) is 0 Å². The van der Waals surface area contributed by atoms with Crippen LogP contribution in [0.25, 0.3) is 0 Å². The van der Waals surface area contributed by atoms with Crippen molar-refractivity contribution in [3.8, 4) is 6.07 Å². The summed E-state index contributed by atoms with van der Waals surface area (Å²) >= 11 is 0. The fraction of sp³-hybridized carbons (Fsp3) is 0.235. The van der Waals surface area contributed by atoms with Crippen LogP contribution in [0.1, 0.15) is 29.2 Å². The lowest BCUT2D eigenvalue weighted by atomic mass is 9.87. The van der Waals surface area contributed by atoms with Crippen molar-refractivity contribution in [1.29, 1.82) is 5.26 Å². The number of benzene rings is 2. The number of nitriles is 1. The van der Waals surface area contributed by atoms with Gasteiger partial charge in [-0.15, -0.1) is 0 Å². The molecule has 2 rings (SSSR count). The van der Waals surface area contributed by atoms with E-state index in [0.29, 0.717) is 12.0 Å². The first-order valence-electron chi connectivity index (χ1n) is 6.30. The summed E-state index contributed by atoms with van der Waals surface area (Å²) in [5.74, 6) is 0. The third-order valence-corrected chi connectivity index (χ3v) is 3.43. The molecule has 0 aliphatic heterocycles. The van der Waals surface area contributed by atoms with E-state index < -0.39 is 5.60 Å². The van der Waals surface area contributed by atoms with E-state index in [1.165, 1.54) is 5.56 Å². The molecule has 0 bridgehead atoms. The van der Waals surface area contributed by atoms with Gasteiger partial charge >= 0.3 is 0 Å². The Morgan fingerprint density at radius 1 is 1.11 bits per heavy atom. The molecular formula is C17H17NO. The molecule has 19 heavy (non-hydrogen) atoms. The number of nitrogens with zero attached hydrogens (tertiary/aromatic N) is 1. The number of aryl methyl sites for hydroxylation is 1. The Kier molecular flexibility index (Phi) is 3.69. The van der Waals surface area contributed by atoms with Crippen LogP contribution in [0.2, 0.25) is 0 Å². The molecule has 1 N–H and O–H groups in total. The second-order valence-electron chi connectivity index (χ2n) is 5.07. The van der Waals surface area contributed by atoms with Crippen molar-refractivity contribution in [3.63, 3.8) is 0 Å². The zero-order valence-corrected chi connectivity index (χ0v) is 11.2. The van der Waals surface area contributed by atoms with Gasteiger partial charge in [0.1, 0.15) is 0 Å². The number of aliphatic hydroxyl groups is 1. The van der Waals surface area contributed by atoms with E-state index in [4.69, 9.17) is 5.26 Å². The van der Waals surface area contributed by atoms with Gasteiger partial charge in [-0.1, -0.05) is 36.4 Å². The Labute approximate surface area is 114 Å². The van der Waals surface area contributed by atoms with Crippen LogP contribution in [0, 0.1) is 18.3 Å². The zero-order valence-electron chi connectivity index (χ0n) is 11.2. The summed E-state index contributed by atoms with van der Waals surface area (Å²) < 4.78 is 0. The summed E-state index contributed by atoms with van der Waals surface area (Å²) in [6.07, 6.45) is 0.561. The molecule has 0 spiro atoms. The molecule has 0 heterocycles. The summed E-state index contributed by atoms with van der Waals surface area (Å²) in [4.78, 5) is 0. The van der Waals surface area contributed by atoms with Gasteiger partial charge in [0.2, 0.25) is 0 Å². The van der Waals surface area contributed by atoms with Crippen molar-refractivity contribution in [2.45, 2.75) is 25.9 Å². The molecule has 96 valence electrons. The van der Waals surface area contributed by atoms with Crippen LogP contribution in [-0.4, -0.2) is 5.11 Å². The van der Waals surface area contributed by atoms with Gasteiger partial charge in [-0.3, -0.25) is 0 Å². The lowest BCUT2D eigenvalue weighted by Crippen LogP contribution is -2.24. The Morgan fingerprint density at radius 3 is 2.32 bits per heavy atom. The first-order chi connectivity index (χ1) is 9.03. The highest BCUT2D eigenvalue weighted by Crippen LogP contribution is 2.26. The molecule has 2 heteroatoms. The molecule has 0 amide bonds. The molecule has 0 saturated heterocycles. The van der Waals surface area contributed by atoms with Crippen molar-refractivity contribution in [2.24, 2.45) is 0 Å². The first-order valence-corrected chi connectivity index (χ1v) is 6.30. The van der Waals surface area contributed by atoms with Gasteiger partial charge in [-0.05, 0) is 42.7 Å². The zero-order chi connectivity index (χ0) is 13.9. The van der Waals surface area contributed by atoms with E-state index in [1.807, 2.05) is 43.3 Å². The van der Waals surface area contributed by atoms with Gasteiger partial charge in [0.25, 0.3) is 0 Å². The van der Waals surface area contributed by atoms with Crippen molar-refractivity contribution in [3.05, 3.63) is 70.8 Å². The van der Waals surface area contributed by atoms with Gasteiger partial charge < -0.3 is 5.11 Å². The topological polar surface area (TPSA) is 44.0 Å². The maximum Gasteiger partial charge on any atom is 0.0991 e. The van der Waals surface area contributed by atoms with Crippen LogP contribution < -0.4 is 0 Å². The van der Waals surface area contributed by atoms with Gasteiger partial charge in [0.05, 0.1) is 17.2 Å². The normalized spacial score (nSPS) is 13.6. The molecule has 0 radical (unpaired) electrons. The maximum atomic E-state index is 10.6. The van der Waals surface area contributed by atoms with E-state index in [0.717, 1.165) is 11.1 Å². The number of rotatable bonds is 3. The van der Waals surface area contributed by atoms with E-state index in [2.05, 4.69) is 6.07 Å². The fourth-order valence-electron chi connectivity index (χ4n) is 2.19. The van der Waals surface area contributed by atoms with Gasteiger partial charge in [-0.2, -0.15) is 5.26 Å². The number of hydrogen-bond donors (Lipinski definition) is 1. The highest BCUT2D eigenvalue weighted by molar-refractivity contribution is 5.35. The molecule has 0 aliphatic rings. The number of hydrogen-bond acceptors (Lipinski definition) is 2. The lowest BCUT2D eigenvalue weighted by Gasteiger charge is -2.25. The highest BCUT2D eigenvalue weighted by atomic mass is 16.3. The predicted molar refractivity (Wildman–Crippen MR) is 75.6 cm³/mol. The standard InChI is InChI=1S/C17H17NO/c1-13-5-3-4-6-15(13)11-17(2,19)16-9-7-14(12-18)8-10-16/h3-10,19H,11H2,1-2H3. The van der Waals surface area contributed by atoms with Crippen LogP contribution in [0.3, 0.4) is 0 Å². The summed E-state index contributed by atoms with van der Waals surface area (Å²) in [7, 11) is 0. The van der Waals surface area contributed by atoms with Crippen LogP contribution in [0.4, 0.5) is 0 Å². The molecule has 2 aromatic carbocycles. The smallest absolute Gasteiger partial charge is 0.0991 e. The minimum atomic E-state index is -0.930. The van der Waals surface area contributed by atoms with Gasteiger partial charge in [0, 0.05) is 6.42 Å². The van der Waals surface area contributed by atoms with Gasteiger partial charge in [-0.25, -0.2) is 0 Å². The Morgan fingerprint density at radius 2 is 1.74 bits per heavy atom. The minimum absolute atomic E-state index is 0.561. The maximum absolute atomic E-state index is 10.6. The van der Waals surface area contributed by atoms with E-state index in [-0.39, 0.29) is 0 Å². The van der Waals surface area contributed by atoms with Crippen molar-refractivity contribution < 1.29 is 5.11 Å². The molecule has 0 aliphatic carbocycles. The average molecular weight is 251 g/mol. The van der Waals surface area contributed by atoms with Gasteiger partial charge in [0.15, 0.2) is 0 Å². The van der Waals surface area contributed by atoms with Crippen LogP contribution in [-0.2, 0) is 12.0 Å². The van der Waals surface area contributed by atoms with Crippen LogP contribution >= 0.6 is 0 Å².